The van der Waals surface area contributed by atoms with E-state index in [1.807, 2.05) is 0 Å². The topological polar surface area (TPSA) is 55.4 Å². The van der Waals surface area contributed by atoms with Crippen LogP contribution in [0.25, 0.3) is 0 Å². The Morgan fingerprint density at radius 2 is 1.88 bits per heavy atom. The van der Waals surface area contributed by atoms with Crippen molar-refractivity contribution in [1.82, 2.24) is 5.32 Å². The van der Waals surface area contributed by atoms with Crippen molar-refractivity contribution in [3.8, 4) is 0 Å². The van der Waals surface area contributed by atoms with Crippen LogP contribution in [0.4, 0.5) is 4.79 Å². The summed E-state index contributed by atoms with van der Waals surface area (Å²) in [6.07, 6.45) is 3.85. The first-order valence-corrected chi connectivity index (χ1v) is 6.38. The average Bonchev–Trinajstić information content (AvgIpc) is 2.21. The van der Waals surface area contributed by atoms with Gasteiger partial charge in [0.1, 0.15) is 0 Å². The molecule has 0 aliphatic heterocycles. The van der Waals surface area contributed by atoms with Crippen molar-refractivity contribution in [3.05, 3.63) is 12.2 Å². The fourth-order valence-corrected chi connectivity index (χ4v) is 1.31. The minimum absolute atomic E-state index is 0.0844. The quantitative estimate of drug-likeness (QED) is 0.320. The molecule has 0 atom stereocenters. The Balaban J connectivity index is 3.19. The molecule has 0 aromatic carbocycles. The average molecular weight is 339 g/mol. The van der Waals surface area contributed by atoms with E-state index >= 15 is 0 Å². The molecule has 0 saturated carbocycles. The third-order valence-electron chi connectivity index (χ3n) is 1.96. The molecule has 0 spiro atoms. The number of ether oxygens (including phenoxy) is 1. The molecule has 0 aliphatic rings. The van der Waals surface area contributed by atoms with E-state index in [1.165, 1.54) is 0 Å². The molecule has 92 valence electrons. The summed E-state index contributed by atoms with van der Waals surface area (Å²) in [4.78, 5) is 21.5. The Bertz CT molecular complexity index is 254. The van der Waals surface area contributed by atoms with Crippen molar-refractivity contribution in [2.75, 3.05) is 13.2 Å². The van der Waals surface area contributed by atoms with Crippen LogP contribution in [0.5, 0.6) is 0 Å². The standard InChI is InChI=1S/C11H18INO3/c1-9(2)10(14)13-7-5-3-4-6-8-16-11(12)15/h1,3-8H2,2H3,(H,13,14). The van der Waals surface area contributed by atoms with Gasteiger partial charge in [0.2, 0.25) is 5.91 Å². The van der Waals surface area contributed by atoms with E-state index in [0.29, 0.717) is 18.7 Å². The van der Waals surface area contributed by atoms with Crippen LogP contribution in [0.2, 0.25) is 0 Å². The van der Waals surface area contributed by atoms with Gasteiger partial charge in [-0.15, -0.1) is 0 Å². The largest absolute Gasteiger partial charge is 0.458 e. The highest BCUT2D eigenvalue weighted by atomic mass is 127. The second kappa shape index (κ2) is 9.62. The van der Waals surface area contributed by atoms with Gasteiger partial charge in [-0.3, -0.25) is 4.79 Å². The molecule has 0 aromatic heterocycles. The fraction of sp³-hybridized carbons (Fsp3) is 0.636. The number of hydrogen-bond donors (Lipinski definition) is 1. The highest BCUT2D eigenvalue weighted by Crippen LogP contribution is 2.01. The molecule has 1 N–H and O–H groups in total. The molecule has 16 heavy (non-hydrogen) atoms. The number of nitrogens with one attached hydrogen (secondary N) is 1. The smallest absolute Gasteiger partial charge is 0.367 e. The van der Waals surface area contributed by atoms with Gasteiger partial charge in [0.25, 0.3) is 0 Å². The summed E-state index contributed by atoms with van der Waals surface area (Å²) in [5, 5.41) is 2.77. The van der Waals surface area contributed by atoms with Gasteiger partial charge in [-0.1, -0.05) is 13.0 Å². The maximum absolute atomic E-state index is 11.1. The second-order valence-corrected chi connectivity index (χ2v) is 4.42. The number of unbranched alkanes of at least 4 members (excludes halogenated alkanes) is 3. The van der Waals surface area contributed by atoms with Gasteiger partial charge in [0, 0.05) is 12.1 Å². The van der Waals surface area contributed by atoms with E-state index < -0.39 is 0 Å². The lowest BCUT2D eigenvalue weighted by Gasteiger charge is -2.04. The van der Waals surface area contributed by atoms with Crippen molar-refractivity contribution in [1.29, 1.82) is 0 Å². The van der Waals surface area contributed by atoms with Crippen LogP contribution in [-0.4, -0.2) is 23.0 Å². The van der Waals surface area contributed by atoms with Crippen LogP contribution < -0.4 is 5.32 Å². The molecule has 0 radical (unpaired) electrons. The predicted molar refractivity (Wildman–Crippen MR) is 71.7 cm³/mol. The van der Waals surface area contributed by atoms with Crippen molar-refractivity contribution >= 4 is 32.5 Å². The fourth-order valence-electron chi connectivity index (χ4n) is 1.09. The molecule has 0 heterocycles. The summed E-state index contributed by atoms with van der Waals surface area (Å²) < 4.78 is 4.53. The Morgan fingerprint density at radius 3 is 2.44 bits per heavy atom. The van der Waals surface area contributed by atoms with Crippen molar-refractivity contribution in [3.63, 3.8) is 0 Å². The molecular formula is C11H18INO3. The summed E-state index contributed by atoms with van der Waals surface area (Å²) in [6.45, 7) is 6.40. The van der Waals surface area contributed by atoms with E-state index in [9.17, 15) is 9.59 Å². The van der Waals surface area contributed by atoms with Gasteiger partial charge < -0.3 is 10.1 Å². The monoisotopic (exact) mass is 339 g/mol. The Morgan fingerprint density at radius 1 is 1.25 bits per heavy atom. The maximum Gasteiger partial charge on any atom is 0.367 e. The van der Waals surface area contributed by atoms with Crippen LogP contribution in [0.1, 0.15) is 32.6 Å². The van der Waals surface area contributed by atoms with Gasteiger partial charge in [-0.25, -0.2) is 4.79 Å². The number of amides is 1. The van der Waals surface area contributed by atoms with E-state index in [4.69, 9.17) is 4.74 Å². The zero-order valence-corrected chi connectivity index (χ0v) is 11.7. The molecule has 0 rings (SSSR count). The van der Waals surface area contributed by atoms with Crippen molar-refractivity contribution in [2.24, 2.45) is 0 Å². The van der Waals surface area contributed by atoms with E-state index in [2.05, 4.69) is 11.9 Å². The molecule has 0 aliphatic carbocycles. The second-order valence-electron chi connectivity index (χ2n) is 3.54. The van der Waals surface area contributed by atoms with Gasteiger partial charge >= 0.3 is 3.98 Å². The number of halogens is 1. The predicted octanol–water partition coefficient (Wildman–Crippen LogP) is 2.81. The summed E-state index contributed by atoms with van der Waals surface area (Å²) in [5.41, 5.74) is 0.536. The summed E-state index contributed by atoms with van der Waals surface area (Å²) in [5.74, 6) is -0.0844. The lowest BCUT2D eigenvalue weighted by Crippen LogP contribution is -2.24. The van der Waals surface area contributed by atoms with Gasteiger partial charge in [-0.2, -0.15) is 0 Å². The van der Waals surface area contributed by atoms with E-state index in [0.717, 1.165) is 25.7 Å². The molecule has 0 aromatic rings. The van der Waals surface area contributed by atoms with Gasteiger partial charge in [0.05, 0.1) is 29.2 Å². The van der Waals surface area contributed by atoms with Crippen molar-refractivity contribution < 1.29 is 14.3 Å². The summed E-state index contributed by atoms with van der Waals surface area (Å²) in [6, 6.07) is 0. The van der Waals surface area contributed by atoms with E-state index in [1.54, 1.807) is 29.5 Å². The van der Waals surface area contributed by atoms with Crippen LogP contribution in [0.15, 0.2) is 12.2 Å². The third-order valence-corrected chi connectivity index (χ3v) is 2.27. The minimum atomic E-state index is -0.258. The first-order chi connectivity index (χ1) is 7.54. The van der Waals surface area contributed by atoms with Crippen molar-refractivity contribution in [2.45, 2.75) is 32.6 Å². The highest BCUT2D eigenvalue weighted by molar-refractivity contribution is 14.1. The lowest BCUT2D eigenvalue weighted by molar-refractivity contribution is -0.117. The van der Waals surface area contributed by atoms with Crippen LogP contribution in [0.3, 0.4) is 0 Å². The molecule has 0 bridgehead atoms. The molecule has 0 fully saturated rings. The van der Waals surface area contributed by atoms with E-state index in [-0.39, 0.29) is 9.88 Å². The van der Waals surface area contributed by atoms with Crippen LogP contribution in [-0.2, 0) is 9.53 Å². The summed E-state index contributed by atoms with van der Waals surface area (Å²) in [7, 11) is 0. The zero-order chi connectivity index (χ0) is 12.4. The van der Waals surface area contributed by atoms with Gasteiger partial charge in [-0.05, 0) is 26.2 Å². The maximum atomic E-state index is 11.1. The number of carbonyl (C=O) groups is 2. The van der Waals surface area contributed by atoms with Gasteiger partial charge in [0.15, 0.2) is 0 Å². The molecule has 4 nitrogen and oxygen atoms in total. The minimum Gasteiger partial charge on any atom is -0.458 e. The Kier molecular flexibility index (Phi) is 9.27. The summed E-state index contributed by atoms with van der Waals surface area (Å²) >= 11 is 1.61. The lowest BCUT2D eigenvalue weighted by atomic mass is 10.2. The third kappa shape index (κ3) is 9.95. The SMILES string of the molecule is C=C(C)C(=O)NCCCCCCOC(=O)I. The molecule has 5 heteroatoms. The molecule has 1 amide bonds. The van der Waals surface area contributed by atoms with Crippen LogP contribution >= 0.6 is 22.6 Å². The molecular weight excluding hydrogens is 321 g/mol. The normalized spacial score (nSPS) is 9.62. The number of carbonyl (C=O) groups excluding carboxylic acids is 2. The molecule has 0 unspecified atom stereocenters. The Hall–Kier alpha value is -0.590. The number of rotatable bonds is 8. The Labute approximate surface area is 110 Å². The highest BCUT2D eigenvalue weighted by Gasteiger charge is 1.99. The van der Waals surface area contributed by atoms with Crippen LogP contribution in [0, 0.1) is 0 Å². The zero-order valence-electron chi connectivity index (χ0n) is 9.55. The molecule has 0 saturated heterocycles. The number of hydrogen-bond acceptors (Lipinski definition) is 3. The first kappa shape index (κ1) is 15.4. The first-order valence-electron chi connectivity index (χ1n) is 5.30.